The van der Waals surface area contributed by atoms with Crippen LogP contribution in [0.5, 0.6) is 0 Å². The maximum Gasteiger partial charge on any atom is 0.141 e. The van der Waals surface area contributed by atoms with Crippen LogP contribution in [0.2, 0.25) is 0 Å². The van der Waals surface area contributed by atoms with Crippen LogP contribution in [0.15, 0.2) is 0 Å². The van der Waals surface area contributed by atoms with Crippen molar-refractivity contribution in [2.45, 2.75) is 12.8 Å². The number of ketones is 1. The lowest BCUT2D eigenvalue weighted by molar-refractivity contribution is -0.125. The van der Waals surface area contributed by atoms with E-state index in [0.717, 1.165) is 78.5 Å². The fourth-order valence-corrected chi connectivity index (χ4v) is 3.57. The fraction of sp³-hybridized carbons (Fsp3) is 0.933. The Bertz CT molecular complexity index is 295. The summed E-state index contributed by atoms with van der Waals surface area (Å²) in [6, 6.07) is 0. The monoisotopic (exact) mass is 282 g/mol. The van der Waals surface area contributed by atoms with Gasteiger partial charge in [-0.15, -0.1) is 0 Å². The summed E-state index contributed by atoms with van der Waals surface area (Å²) >= 11 is 0. The third-order valence-electron chi connectivity index (χ3n) is 4.83. The molecular formula is C15H26N2O3. The maximum atomic E-state index is 12.5. The smallest absolute Gasteiger partial charge is 0.141 e. The largest absolute Gasteiger partial charge is 0.379 e. The molecule has 1 aliphatic carbocycles. The summed E-state index contributed by atoms with van der Waals surface area (Å²) in [5, 5.41) is 0. The van der Waals surface area contributed by atoms with Crippen molar-refractivity contribution in [1.29, 1.82) is 0 Å². The van der Waals surface area contributed by atoms with E-state index in [9.17, 15) is 4.79 Å². The van der Waals surface area contributed by atoms with E-state index in [2.05, 4.69) is 9.80 Å². The molecule has 0 amide bonds. The average molecular weight is 282 g/mol. The number of ether oxygens (including phenoxy) is 2. The van der Waals surface area contributed by atoms with Gasteiger partial charge in [0.2, 0.25) is 0 Å². The van der Waals surface area contributed by atoms with Gasteiger partial charge in [-0.3, -0.25) is 14.6 Å². The molecule has 2 atom stereocenters. The first-order chi connectivity index (χ1) is 9.83. The van der Waals surface area contributed by atoms with E-state index in [-0.39, 0.29) is 11.8 Å². The molecule has 20 heavy (non-hydrogen) atoms. The van der Waals surface area contributed by atoms with Crippen molar-refractivity contribution in [3.8, 4) is 0 Å². The lowest BCUT2D eigenvalue weighted by Crippen LogP contribution is -2.42. The minimum atomic E-state index is 0.263. The third-order valence-corrected chi connectivity index (χ3v) is 4.83. The van der Waals surface area contributed by atoms with Gasteiger partial charge in [0, 0.05) is 51.1 Å². The van der Waals surface area contributed by atoms with Crippen LogP contribution in [0.25, 0.3) is 0 Å². The zero-order chi connectivity index (χ0) is 13.8. The van der Waals surface area contributed by atoms with Gasteiger partial charge in [0.15, 0.2) is 0 Å². The summed E-state index contributed by atoms with van der Waals surface area (Å²) in [6.45, 7) is 9.10. The van der Waals surface area contributed by atoms with Crippen molar-refractivity contribution in [3.05, 3.63) is 0 Å². The molecule has 5 heteroatoms. The minimum absolute atomic E-state index is 0.263. The number of hydrogen-bond acceptors (Lipinski definition) is 5. The molecule has 2 unspecified atom stereocenters. The number of carbonyl (C=O) groups is 1. The number of carbonyl (C=O) groups excluding carboxylic acids is 1. The van der Waals surface area contributed by atoms with Crippen molar-refractivity contribution >= 4 is 5.78 Å². The molecule has 0 spiro atoms. The molecule has 0 aromatic carbocycles. The normalized spacial score (nSPS) is 33.7. The van der Waals surface area contributed by atoms with E-state index in [1.807, 2.05) is 0 Å². The third kappa shape index (κ3) is 3.58. The average Bonchev–Trinajstić information content (AvgIpc) is 2.83. The van der Waals surface area contributed by atoms with E-state index < -0.39 is 0 Å². The number of Topliss-reactive ketones (excluding diaryl/α,β-unsaturated/α-hetero) is 1. The van der Waals surface area contributed by atoms with Crippen molar-refractivity contribution < 1.29 is 14.3 Å². The maximum absolute atomic E-state index is 12.5. The van der Waals surface area contributed by atoms with Crippen LogP contribution in [0.1, 0.15) is 12.8 Å². The first-order valence-corrected chi connectivity index (χ1v) is 7.97. The highest BCUT2D eigenvalue weighted by Crippen LogP contribution is 2.29. The first kappa shape index (κ1) is 14.4. The molecule has 0 aromatic rings. The van der Waals surface area contributed by atoms with Crippen LogP contribution in [-0.4, -0.2) is 81.3 Å². The van der Waals surface area contributed by atoms with Gasteiger partial charge in [0.1, 0.15) is 5.78 Å². The summed E-state index contributed by atoms with van der Waals surface area (Å²) in [7, 11) is 0. The highest BCUT2D eigenvalue weighted by atomic mass is 16.5. The van der Waals surface area contributed by atoms with Crippen molar-refractivity contribution in [1.82, 2.24) is 9.80 Å². The summed E-state index contributed by atoms with van der Waals surface area (Å²) < 4.78 is 10.7. The second-order valence-electron chi connectivity index (χ2n) is 6.20. The molecule has 1 saturated carbocycles. The highest BCUT2D eigenvalue weighted by molar-refractivity contribution is 5.85. The second kappa shape index (κ2) is 6.98. The fourth-order valence-electron chi connectivity index (χ4n) is 3.57. The zero-order valence-corrected chi connectivity index (χ0v) is 12.3. The molecule has 2 saturated heterocycles. The number of hydrogen-bond donors (Lipinski definition) is 0. The summed E-state index contributed by atoms with van der Waals surface area (Å²) in [5.41, 5.74) is 0. The van der Waals surface area contributed by atoms with E-state index >= 15 is 0 Å². The topological polar surface area (TPSA) is 42.0 Å². The Morgan fingerprint density at radius 3 is 1.60 bits per heavy atom. The highest BCUT2D eigenvalue weighted by Gasteiger charge is 2.36. The van der Waals surface area contributed by atoms with Crippen LogP contribution in [0.4, 0.5) is 0 Å². The molecule has 3 aliphatic rings. The van der Waals surface area contributed by atoms with Crippen LogP contribution >= 0.6 is 0 Å². The Hall–Kier alpha value is -0.490. The molecule has 3 fully saturated rings. The minimum Gasteiger partial charge on any atom is -0.379 e. The molecule has 0 aromatic heterocycles. The van der Waals surface area contributed by atoms with Gasteiger partial charge in [-0.25, -0.2) is 0 Å². The van der Waals surface area contributed by atoms with Crippen molar-refractivity contribution in [2.75, 3.05) is 65.7 Å². The lowest BCUT2D eigenvalue weighted by atomic mass is 10.0. The summed E-state index contributed by atoms with van der Waals surface area (Å²) in [4.78, 5) is 17.3. The Labute approximate surface area is 121 Å². The zero-order valence-electron chi connectivity index (χ0n) is 12.3. The Kier molecular flexibility index (Phi) is 5.04. The first-order valence-electron chi connectivity index (χ1n) is 7.97. The Morgan fingerprint density at radius 2 is 1.20 bits per heavy atom. The van der Waals surface area contributed by atoms with Crippen LogP contribution < -0.4 is 0 Å². The molecule has 114 valence electrons. The molecule has 3 rings (SSSR count). The molecule has 0 N–H and O–H groups in total. The van der Waals surface area contributed by atoms with Crippen LogP contribution in [0, 0.1) is 11.8 Å². The second-order valence-corrected chi connectivity index (χ2v) is 6.20. The lowest BCUT2D eigenvalue weighted by Gasteiger charge is -2.30. The van der Waals surface area contributed by atoms with Gasteiger partial charge in [-0.1, -0.05) is 0 Å². The predicted molar refractivity (Wildman–Crippen MR) is 75.7 cm³/mol. The Balaban J connectivity index is 1.46. The van der Waals surface area contributed by atoms with Crippen molar-refractivity contribution in [2.24, 2.45) is 11.8 Å². The van der Waals surface area contributed by atoms with Crippen LogP contribution in [-0.2, 0) is 14.3 Å². The van der Waals surface area contributed by atoms with Gasteiger partial charge >= 0.3 is 0 Å². The van der Waals surface area contributed by atoms with Gasteiger partial charge in [0.05, 0.1) is 26.4 Å². The number of rotatable bonds is 4. The molecular weight excluding hydrogens is 256 g/mol. The van der Waals surface area contributed by atoms with Gasteiger partial charge in [0.25, 0.3) is 0 Å². The number of morpholine rings is 2. The van der Waals surface area contributed by atoms with E-state index in [1.54, 1.807) is 0 Å². The van der Waals surface area contributed by atoms with E-state index in [4.69, 9.17) is 9.47 Å². The quantitative estimate of drug-likeness (QED) is 0.739. The SMILES string of the molecule is O=C1C(CN2CCOCC2)CCC1CN1CCOCC1. The molecule has 0 bridgehead atoms. The van der Waals surface area contributed by atoms with E-state index in [0.29, 0.717) is 5.78 Å². The van der Waals surface area contributed by atoms with Gasteiger partial charge in [-0.2, -0.15) is 0 Å². The van der Waals surface area contributed by atoms with Crippen molar-refractivity contribution in [3.63, 3.8) is 0 Å². The van der Waals surface area contributed by atoms with Gasteiger partial charge < -0.3 is 9.47 Å². The molecule has 2 aliphatic heterocycles. The van der Waals surface area contributed by atoms with Crippen LogP contribution in [0.3, 0.4) is 0 Å². The number of nitrogens with zero attached hydrogens (tertiary/aromatic N) is 2. The molecule has 5 nitrogen and oxygen atoms in total. The summed E-state index contributed by atoms with van der Waals surface area (Å²) in [5.74, 6) is 1.03. The standard InChI is InChI=1S/C15H26N2O3/c18-15-13(11-16-3-7-19-8-4-16)1-2-14(15)12-17-5-9-20-10-6-17/h13-14H,1-12H2. The summed E-state index contributed by atoms with van der Waals surface area (Å²) in [6.07, 6.45) is 2.15. The Morgan fingerprint density at radius 1 is 0.800 bits per heavy atom. The molecule has 2 heterocycles. The predicted octanol–water partition coefficient (Wildman–Crippen LogP) is 0.246. The van der Waals surface area contributed by atoms with E-state index in [1.165, 1.54) is 0 Å². The van der Waals surface area contributed by atoms with Gasteiger partial charge in [-0.05, 0) is 12.8 Å². The molecule has 0 radical (unpaired) electrons.